The van der Waals surface area contributed by atoms with E-state index in [-0.39, 0.29) is 11.7 Å². The third kappa shape index (κ3) is 6.95. The van der Waals surface area contributed by atoms with Gasteiger partial charge in [0.15, 0.2) is 0 Å². The molecule has 0 spiro atoms. The first-order valence-corrected chi connectivity index (χ1v) is 11.5. The minimum absolute atomic E-state index is 0.193. The fourth-order valence-electron chi connectivity index (χ4n) is 3.39. The number of anilines is 2. The van der Waals surface area contributed by atoms with E-state index in [1.165, 1.54) is 11.0 Å². The molecule has 0 aliphatic carbocycles. The zero-order valence-corrected chi connectivity index (χ0v) is 20.4. The summed E-state index contributed by atoms with van der Waals surface area (Å²) in [7, 11) is 5.66. The second-order valence-corrected chi connectivity index (χ2v) is 8.36. The number of hydrogen-bond donors (Lipinski definition) is 0. The van der Waals surface area contributed by atoms with Crippen LogP contribution in [0.25, 0.3) is 0 Å². The highest BCUT2D eigenvalue weighted by Crippen LogP contribution is 2.25. The van der Waals surface area contributed by atoms with Crippen molar-refractivity contribution >= 4 is 17.3 Å². The van der Waals surface area contributed by atoms with E-state index >= 15 is 0 Å². The van der Waals surface area contributed by atoms with Gasteiger partial charge in [0, 0.05) is 37.9 Å². The first-order valence-electron chi connectivity index (χ1n) is 11.5. The van der Waals surface area contributed by atoms with E-state index < -0.39 is 0 Å². The van der Waals surface area contributed by atoms with Crippen molar-refractivity contribution in [3.63, 3.8) is 0 Å². The summed E-state index contributed by atoms with van der Waals surface area (Å²) in [5, 5.41) is 0. The second-order valence-electron chi connectivity index (χ2n) is 8.36. The van der Waals surface area contributed by atoms with Gasteiger partial charge >= 0.3 is 0 Å². The first-order chi connectivity index (χ1) is 15.3. The average molecular weight is 444 g/mol. The number of ether oxygens (including phenoxy) is 1. The number of carbonyl (C=O) groups is 1. The Labute approximate surface area is 192 Å². The van der Waals surface area contributed by atoms with Crippen LogP contribution in [0.3, 0.4) is 0 Å². The second kappa shape index (κ2) is 12.4. The lowest BCUT2D eigenvalue weighted by molar-refractivity contribution is 0.0993. The molecule has 1 amide bonds. The molecule has 0 N–H and O–H groups in total. The molecule has 1 unspecified atom stereocenters. The van der Waals surface area contributed by atoms with Crippen LogP contribution in [-0.2, 0) is 0 Å². The molecular weight excluding hydrogens is 405 g/mol. The summed E-state index contributed by atoms with van der Waals surface area (Å²) in [4.78, 5) is 18.5. The third-order valence-electron chi connectivity index (χ3n) is 6.04. The molecule has 2 rings (SSSR count). The average Bonchev–Trinajstić information content (AvgIpc) is 2.81. The number of rotatable bonds is 12. The lowest BCUT2D eigenvalue weighted by Gasteiger charge is -2.27. The molecular formula is C26H38FN3O2. The van der Waals surface area contributed by atoms with E-state index in [1.54, 1.807) is 43.4 Å². The van der Waals surface area contributed by atoms with Gasteiger partial charge < -0.3 is 19.4 Å². The fourth-order valence-corrected chi connectivity index (χ4v) is 3.39. The van der Waals surface area contributed by atoms with Crippen LogP contribution in [-0.4, -0.2) is 57.7 Å². The minimum Gasteiger partial charge on any atom is -0.494 e. The zero-order valence-electron chi connectivity index (χ0n) is 20.4. The summed E-state index contributed by atoms with van der Waals surface area (Å²) in [5.74, 6) is 0.221. The zero-order chi connectivity index (χ0) is 23.7. The molecule has 0 aromatic heterocycles. The summed E-state index contributed by atoms with van der Waals surface area (Å²) in [5.41, 5.74) is 1.59. The van der Waals surface area contributed by atoms with Crippen LogP contribution in [0.4, 0.5) is 15.8 Å². The van der Waals surface area contributed by atoms with Gasteiger partial charge in [-0.05, 0) is 75.8 Å². The molecule has 2 aromatic rings. The Morgan fingerprint density at radius 3 is 2.34 bits per heavy atom. The van der Waals surface area contributed by atoms with E-state index in [4.69, 9.17) is 4.74 Å². The number of hydrogen-bond acceptors (Lipinski definition) is 4. The monoisotopic (exact) mass is 443 g/mol. The molecule has 32 heavy (non-hydrogen) atoms. The van der Waals surface area contributed by atoms with Gasteiger partial charge in [0.2, 0.25) is 0 Å². The normalized spacial score (nSPS) is 12.0. The van der Waals surface area contributed by atoms with Crippen molar-refractivity contribution in [2.24, 2.45) is 0 Å². The Morgan fingerprint density at radius 1 is 1.06 bits per heavy atom. The van der Waals surface area contributed by atoms with Crippen LogP contribution < -0.4 is 14.5 Å². The Balaban J connectivity index is 2.02. The molecule has 0 bridgehead atoms. The third-order valence-corrected chi connectivity index (χ3v) is 6.04. The maximum Gasteiger partial charge on any atom is 0.258 e. The minimum atomic E-state index is -0.333. The van der Waals surface area contributed by atoms with Gasteiger partial charge in [-0.15, -0.1) is 0 Å². The van der Waals surface area contributed by atoms with Crippen molar-refractivity contribution in [2.45, 2.75) is 46.1 Å². The number of nitrogens with zero attached hydrogens (tertiary/aromatic N) is 3. The van der Waals surface area contributed by atoms with Crippen LogP contribution in [0.1, 0.15) is 50.4 Å². The quantitative estimate of drug-likeness (QED) is 0.409. The summed E-state index contributed by atoms with van der Waals surface area (Å²) in [6, 6.07) is 12.5. The number of carbonyl (C=O) groups excluding carboxylic acids is 1. The van der Waals surface area contributed by atoms with Gasteiger partial charge in [0.1, 0.15) is 11.6 Å². The Morgan fingerprint density at radius 2 is 1.75 bits per heavy atom. The molecule has 0 heterocycles. The Kier molecular flexibility index (Phi) is 9.97. The molecule has 0 saturated heterocycles. The molecule has 0 fully saturated rings. The lowest BCUT2D eigenvalue weighted by atomic mass is 10.1. The van der Waals surface area contributed by atoms with Gasteiger partial charge in [-0.2, -0.15) is 0 Å². The number of benzene rings is 2. The largest absolute Gasteiger partial charge is 0.494 e. The van der Waals surface area contributed by atoms with Crippen LogP contribution >= 0.6 is 0 Å². The summed E-state index contributed by atoms with van der Waals surface area (Å²) >= 11 is 0. The summed E-state index contributed by atoms with van der Waals surface area (Å²) in [6.45, 7) is 8.83. The number of halogens is 1. The van der Waals surface area contributed by atoms with Crippen molar-refractivity contribution in [3.8, 4) is 5.75 Å². The van der Waals surface area contributed by atoms with Crippen LogP contribution in [0.5, 0.6) is 5.75 Å². The summed E-state index contributed by atoms with van der Waals surface area (Å²) < 4.78 is 20.5. The highest BCUT2D eigenvalue weighted by atomic mass is 19.1. The highest BCUT2D eigenvalue weighted by molar-refractivity contribution is 6.05. The SMILES string of the molecule is CCCCOc1ccc(C(=O)N(C)c2ccc(N(C)CCC(C)N(C)CC)c(F)c2)cc1. The van der Waals surface area contributed by atoms with Gasteiger partial charge in [-0.3, -0.25) is 4.79 Å². The standard InChI is InChI=1S/C26H38FN3O2/c1-7-9-18-32-23-13-10-21(11-14-23)26(31)30(6)22-12-15-25(24(27)19-22)29(5)17-16-20(3)28(4)8-2/h10-15,19-20H,7-9,16-18H2,1-6H3. The van der Waals surface area contributed by atoms with Crippen molar-refractivity contribution in [1.29, 1.82) is 0 Å². The molecule has 0 saturated carbocycles. The van der Waals surface area contributed by atoms with E-state index in [0.717, 1.165) is 38.1 Å². The maximum absolute atomic E-state index is 14.9. The van der Waals surface area contributed by atoms with Crippen LogP contribution in [0.2, 0.25) is 0 Å². The van der Waals surface area contributed by atoms with Crippen LogP contribution in [0, 0.1) is 5.82 Å². The van der Waals surface area contributed by atoms with Crippen molar-refractivity contribution in [2.75, 3.05) is 50.6 Å². The van der Waals surface area contributed by atoms with Gasteiger partial charge in [0.25, 0.3) is 5.91 Å². The van der Waals surface area contributed by atoms with Gasteiger partial charge in [-0.1, -0.05) is 20.3 Å². The molecule has 176 valence electrons. The predicted molar refractivity (Wildman–Crippen MR) is 132 cm³/mol. The van der Waals surface area contributed by atoms with Crippen LogP contribution in [0.15, 0.2) is 42.5 Å². The molecule has 0 aliphatic heterocycles. The molecule has 6 heteroatoms. The molecule has 5 nitrogen and oxygen atoms in total. The Bertz CT molecular complexity index is 857. The number of unbranched alkanes of at least 4 members (excludes halogenated alkanes) is 1. The molecule has 0 aliphatic rings. The van der Waals surface area contributed by atoms with E-state index in [2.05, 4.69) is 32.7 Å². The summed E-state index contributed by atoms with van der Waals surface area (Å²) in [6.07, 6.45) is 3.01. The molecule has 2 aromatic carbocycles. The smallest absolute Gasteiger partial charge is 0.258 e. The first kappa shape index (κ1) is 25.7. The van der Waals surface area contributed by atoms with E-state index in [0.29, 0.717) is 29.6 Å². The van der Waals surface area contributed by atoms with Crippen molar-refractivity contribution in [1.82, 2.24) is 4.90 Å². The fraction of sp³-hybridized carbons (Fsp3) is 0.500. The Hall–Kier alpha value is -2.60. The van der Waals surface area contributed by atoms with E-state index in [1.807, 2.05) is 11.9 Å². The van der Waals surface area contributed by atoms with Crippen molar-refractivity contribution in [3.05, 3.63) is 53.8 Å². The van der Waals surface area contributed by atoms with Crippen molar-refractivity contribution < 1.29 is 13.9 Å². The van der Waals surface area contributed by atoms with Gasteiger partial charge in [-0.25, -0.2) is 4.39 Å². The van der Waals surface area contributed by atoms with Gasteiger partial charge in [0.05, 0.1) is 12.3 Å². The molecule has 1 atom stereocenters. The number of amides is 1. The lowest BCUT2D eigenvalue weighted by Crippen LogP contribution is -2.33. The maximum atomic E-state index is 14.9. The van der Waals surface area contributed by atoms with E-state index in [9.17, 15) is 9.18 Å². The topological polar surface area (TPSA) is 36.0 Å². The predicted octanol–water partition coefficient (Wildman–Crippen LogP) is 5.45. The molecule has 0 radical (unpaired) electrons. The highest BCUT2D eigenvalue weighted by Gasteiger charge is 2.17.